The van der Waals surface area contributed by atoms with Crippen molar-refractivity contribution in [1.29, 1.82) is 0 Å². The van der Waals surface area contributed by atoms with E-state index in [1.54, 1.807) is 18.6 Å². The number of fused-ring (bicyclic) bond motifs is 1. The van der Waals surface area contributed by atoms with Gasteiger partial charge in [-0.25, -0.2) is 9.97 Å². The Balaban J connectivity index is 1.66. The molecule has 0 saturated carbocycles. The minimum atomic E-state index is 0.385. The Morgan fingerprint density at radius 2 is 2.27 bits per heavy atom. The van der Waals surface area contributed by atoms with Crippen LogP contribution in [0.15, 0.2) is 35.9 Å². The van der Waals surface area contributed by atoms with Gasteiger partial charge in [-0.1, -0.05) is 12.1 Å². The average molecular weight is 368 g/mol. The molecule has 4 rings (SSSR count). The second kappa shape index (κ2) is 7.52. The molecule has 0 bridgehead atoms. The fraction of sp³-hybridized carbons (Fsp3) is 0.294. The number of rotatable bonds is 5. The molecular weight excluding hydrogens is 352 g/mol. The standard InChI is InChI=1S/C17H16N6O2S/c1-2-7-25-23-12-5-8-24-16-14(12)20-15(21-22-16)13-10-19-17(26-13)11-4-3-6-18-9-11/h3-4,6,9-10H,2,5,7-8H2,1H3. The van der Waals surface area contributed by atoms with E-state index in [4.69, 9.17) is 9.57 Å². The molecule has 0 radical (unpaired) electrons. The van der Waals surface area contributed by atoms with Gasteiger partial charge in [-0.05, 0) is 18.6 Å². The zero-order valence-corrected chi connectivity index (χ0v) is 14.9. The van der Waals surface area contributed by atoms with E-state index in [9.17, 15) is 0 Å². The van der Waals surface area contributed by atoms with E-state index >= 15 is 0 Å². The number of pyridine rings is 1. The summed E-state index contributed by atoms with van der Waals surface area (Å²) in [6, 6.07) is 3.84. The molecule has 1 aliphatic heterocycles. The van der Waals surface area contributed by atoms with Crippen molar-refractivity contribution in [2.24, 2.45) is 5.16 Å². The van der Waals surface area contributed by atoms with Gasteiger partial charge in [0.15, 0.2) is 11.5 Å². The van der Waals surface area contributed by atoms with E-state index in [1.807, 2.05) is 19.1 Å². The van der Waals surface area contributed by atoms with Crippen molar-refractivity contribution in [3.63, 3.8) is 0 Å². The lowest BCUT2D eigenvalue weighted by Crippen LogP contribution is -2.20. The van der Waals surface area contributed by atoms with Crippen LogP contribution in [0.5, 0.6) is 5.88 Å². The molecule has 0 spiro atoms. The summed E-state index contributed by atoms with van der Waals surface area (Å²) in [7, 11) is 0. The SMILES string of the molecule is CCCON=C1CCOc2nnc(-c3cnc(-c4cccnc4)s3)nc21. The lowest BCUT2D eigenvalue weighted by atomic mass is 10.2. The number of nitrogens with zero attached hydrogens (tertiary/aromatic N) is 6. The fourth-order valence-corrected chi connectivity index (χ4v) is 3.21. The maximum absolute atomic E-state index is 5.53. The quantitative estimate of drug-likeness (QED) is 0.504. The third-order valence-electron chi connectivity index (χ3n) is 3.61. The molecule has 3 aromatic rings. The maximum atomic E-state index is 5.53. The third kappa shape index (κ3) is 3.38. The van der Waals surface area contributed by atoms with Crippen LogP contribution in [0.4, 0.5) is 0 Å². The van der Waals surface area contributed by atoms with Crippen molar-refractivity contribution < 1.29 is 9.57 Å². The van der Waals surface area contributed by atoms with Gasteiger partial charge in [0.05, 0.1) is 11.5 Å². The molecule has 8 nitrogen and oxygen atoms in total. The molecule has 26 heavy (non-hydrogen) atoms. The summed E-state index contributed by atoms with van der Waals surface area (Å²) < 4.78 is 5.53. The van der Waals surface area contributed by atoms with Gasteiger partial charge in [0.1, 0.15) is 17.3 Å². The first-order valence-electron chi connectivity index (χ1n) is 8.28. The highest BCUT2D eigenvalue weighted by molar-refractivity contribution is 7.18. The van der Waals surface area contributed by atoms with Gasteiger partial charge in [-0.2, -0.15) is 0 Å². The van der Waals surface area contributed by atoms with Crippen molar-refractivity contribution in [3.8, 4) is 27.2 Å². The minimum Gasteiger partial charge on any atom is -0.475 e. The summed E-state index contributed by atoms with van der Waals surface area (Å²) in [5.41, 5.74) is 2.26. The van der Waals surface area contributed by atoms with Gasteiger partial charge < -0.3 is 9.57 Å². The smallest absolute Gasteiger partial charge is 0.261 e. The van der Waals surface area contributed by atoms with E-state index in [1.165, 1.54) is 11.3 Å². The van der Waals surface area contributed by atoms with Crippen molar-refractivity contribution in [2.75, 3.05) is 13.2 Å². The zero-order valence-electron chi connectivity index (χ0n) is 14.1. The summed E-state index contributed by atoms with van der Waals surface area (Å²) in [6.07, 6.45) is 6.77. The molecule has 0 unspecified atom stereocenters. The third-order valence-corrected chi connectivity index (χ3v) is 4.65. The van der Waals surface area contributed by atoms with Crippen LogP contribution in [0.3, 0.4) is 0 Å². The van der Waals surface area contributed by atoms with Gasteiger partial charge in [-0.3, -0.25) is 4.98 Å². The zero-order chi connectivity index (χ0) is 17.8. The molecule has 0 saturated heterocycles. The molecule has 0 fully saturated rings. The Labute approximate surface area is 154 Å². The van der Waals surface area contributed by atoms with Crippen molar-refractivity contribution >= 4 is 17.0 Å². The highest BCUT2D eigenvalue weighted by Gasteiger charge is 2.23. The number of hydrogen-bond donors (Lipinski definition) is 0. The van der Waals surface area contributed by atoms with Gasteiger partial charge >= 0.3 is 0 Å². The summed E-state index contributed by atoms with van der Waals surface area (Å²) in [4.78, 5) is 19.3. The first-order chi connectivity index (χ1) is 12.8. The van der Waals surface area contributed by atoms with Crippen LogP contribution in [-0.2, 0) is 4.84 Å². The number of ether oxygens (including phenoxy) is 1. The van der Waals surface area contributed by atoms with Gasteiger partial charge in [0, 0.05) is 30.6 Å². The minimum absolute atomic E-state index is 0.385. The van der Waals surface area contributed by atoms with E-state index < -0.39 is 0 Å². The second-order valence-corrected chi connectivity index (χ2v) is 6.56. The summed E-state index contributed by atoms with van der Waals surface area (Å²) in [5.74, 6) is 0.876. The van der Waals surface area contributed by atoms with Crippen LogP contribution in [0.2, 0.25) is 0 Å². The summed E-state index contributed by atoms with van der Waals surface area (Å²) in [5, 5.41) is 13.4. The Kier molecular flexibility index (Phi) is 4.78. The van der Waals surface area contributed by atoms with Gasteiger partial charge in [0.2, 0.25) is 0 Å². The highest BCUT2D eigenvalue weighted by atomic mass is 32.1. The Hall–Kier alpha value is -2.94. The number of aromatic nitrogens is 5. The summed E-state index contributed by atoms with van der Waals surface area (Å²) in [6.45, 7) is 3.08. The van der Waals surface area contributed by atoms with E-state index in [2.05, 4.69) is 30.3 Å². The number of oxime groups is 1. The number of hydrogen-bond acceptors (Lipinski definition) is 9. The van der Waals surface area contributed by atoms with Crippen molar-refractivity contribution in [2.45, 2.75) is 19.8 Å². The molecule has 0 amide bonds. The van der Waals surface area contributed by atoms with Crippen LogP contribution in [0.1, 0.15) is 25.5 Å². The van der Waals surface area contributed by atoms with Gasteiger partial charge in [0.25, 0.3) is 5.88 Å². The molecule has 3 aromatic heterocycles. The van der Waals surface area contributed by atoms with Crippen LogP contribution < -0.4 is 4.74 Å². The molecule has 0 atom stereocenters. The largest absolute Gasteiger partial charge is 0.475 e. The molecule has 0 aromatic carbocycles. The Bertz CT molecular complexity index is 928. The Morgan fingerprint density at radius 3 is 3.12 bits per heavy atom. The molecule has 0 aliphatic carbocycles. The molecule has 0 N–H and O–H groups in total. The van der Waals surface area contributed by atoms with Gasteiger partial charge in [-0.15, -0.1) is 21.5 Å². The Morgan fingerprint density at radius 1 is 1.31 bits per heavy atom. The highest BCUT2D eigenvalue weighted by Crippen LogP contribution is 2.31. The van der Waals surface area contributed by atoms with Crippen LogP contribution in [0, 0.1) is 0 Å². The topological polar surface area (TPSA) is 95.3 Å². The first-order valence-corrected chi connectivity index (χ1v) is 9.10. The molecule has 4 heterocycles. The van der Waals surface area contributed by atoms with E-state index in [0.29, 0.717) is 37.0 Å². The second-order valence-electron chi connectivity index (χ2n) is 5.53. The molecule has 1 aliphatic rings. The van der Waals surface area contributed by atoms with E-state index in [-0.39, 0.29) is 0 Å². The molecule has 132 valence electrons. The normalized spacial score (nSPS) is 14.7. The maximum Gasteiger partial charge on any atom is 0.261 e. The predicted octanol–water partition coefficient (Wildman–Crippen LogP) is 2.97. The van der Waals surface area contributed by atoms with Crippen molar-refractivity contribution in [3.05, 3.63) is 36.4 Å². The molecule has 9 heteroatoms. The van der Waals surface area contributed by atoms with Crippen LogP contribution in [-0.4, -0.2) is 44.1 Å². The van der Waals surface area contributed by atoms with Crippen LogP contribution >= 0.6 is 11.3 Å². The van der Waals surface area contributed by atoms with Crippen LogP contribution in [0.25, 0.3) is 21.3 Å². The number of thiazole rings is 1. The summed E-state index contributed by atoms with van der Waals surface area (Å²) >= 11 is 1.48. The lowest BCUT2D eigenvalue weighted by molar-refractivity contribution is 0.143. The first kappa shape index (κ1) is 16.5. The predicted molar refractivity (Wildman–Crippen MR) is 97.1 cm³/mol. The monoisotopic (exact) mass is 368 g/mol. The fourth-order valence-electron chi connectivity index (χ4n) is 2.37. The molecular formula is C17H16N6O2S. The van der Waals surface area contributed by atoms with Crippen molar-refractivity contribution in [1.82, 2.24) is 25.1 Å². The average Bonchev–Trinajstić information content (AvgIpc) is 3.19. The lowest BCUT2D eigenvalue weighted by Gasteiger charge is -2.16. The van der Waals surface area contributed by atoms with E-state index in [0.717, 1.165) is 27.6 Å².